The second-order valence-electron chi connectivity index (χ2n) is 3.44. The van der Waals surface area contributed by atoms with E-state index in [0.29, 0.717) is 4.88 Å². The Labute approximate surface area is 105 Å². The number of benzene rings is 1. The molecule has 96 valence electrons. The maximum Gasteiger partial charge on any atom is 0.419 e. The molecule has 1 heterocycles. The van der Waals surface area contributed by atoms with Crippen molar-refractivity contribution in [3.63, 3.8) is 0 Å². The molecule has 0 aliphatic rings. The Morgan fingerprint density at radius 2 is 2.00 bits per heavy atom. The van der Waals surface area contributed by atoms with Crippen LogP contribution in [0.5, 0.6) is 5.75 Å². The maximum atomic E-state index is 12.7. The predicted octanol–water partition coefficient (Wildman–Crippen LogP) is 3.32. The Morgan fingerprint density at radius 3 is 2.61 bits per heavy atom. The normalized spacial score (nSPS) is 11.5. The number of thiazole rings is 1. The van der Waals surface area contributed by atoms with Gasteiger partial charge in [-0.3, -0.25) is 0 Å². The van der Waals surface area contributed by atoms with Gasteiger partial charge in [-0.1, -0.05) is 12.1 Å². The largest absolute Gasteiger partial charge is 0.487 e. The molecule has 0 atom stereocenters. The summed E-state index contributed by atoms with van der Waals surface area (Å²) in [5.74, 6) is 0.0716. The lowest BCUT2D eigenvalue weighted by Crippen LogP contribution is -2.08. The number of alkyl halides is 3. The molecule has 7 heteroatoms. The van der Waals surface area contributed by atoms with Crippen LogP contribution in [0.15, 0.2) is 29.8 Å². The Morgan fingerprint density at radius 1 is 1.28 bits per heavy atom. The van der Waals surface area contributed by atoms with E-state index in [-0.39, 0.29) is 18.2 Å². The van der Waals surface area contributed by atoms with Gasteiger partial charge in [0.25, 0.3) is 0 Å². The number of ether oxygens (including phenoxy) is 1. The van der Waals surface area contributed by atoms with Crippen LogP contribution < -0.4 is 10.5 Å². The van der Waals surface area contributed by atoms with Crippen molar-refractivity contribution in [2.24, 2.45) is 0 Å². The molecule has 0 radical (unpaired) electrons. The second kappa shape index (κ2) is 4.85. The van der Waals surface area contributed by atoms with Crippen LogP contribution in [0.3, 0.4) is 0 Å². The predicted molar refractivity (Wildman–Crippen MR) is 62.3 cm³/mol. The first kappa shape index (κ1) is 12.7. The molecule has 0 saturated carbocycles. The highest BCUT2D eigenvalue weighted by atomic mass is 32.1. The Balaban J connectivity index is 2.17. The van der Waals surface area contributed by atoms with Crippen molar-refractivity contribution in [3.8, 4) is 5.75 Å². The third-order valence-electron chi connectivity index (χ3n) is 2.22. The Kier molecular flexibility index (Phi) is 3.42. The molecule has 0 fully saturated rings. The molecule has 2 N–H and O–H groups in total. The number of halogens is 3. The first-order chi connectivity index (χ1) is 8.48. The van der Waals surface area contributed by atoms with E-state index in [4.69, 9.17) is 10.5 Å². The smallest absolute Gasteiger partial charge is 0.419 e. The summed E-state index contributed by atoms with van der Waals surface area (Å²) in [4.78, 5) is 4.40. The van der Waals surface area contributed by atoms with Crippen molar-refractivity contribution in [1.82, 2.24) is 4.98 Å². The topological polar surface area (TPSA) is 48.1 Å². The molecule has 0 bridgehead atoms. The molecule has 18 heavy (non-hydrogen) atoms. The number of para-hydroxylation sites is 1. The van der Waals surface area contributed by atoms with Crippen LogP contribution in [0, 0.1) is 0 Å². The molecule has 3 nitrogen and oxygen atoms in total. The molecule has 0 aliphatic heterocycles. The molecule has 0 spiro atoms. The van der Waals surface area contributed by atoms with Crippen molar-refractivity contribution in [3.05, 3.63) is 40.2 Å². The monoisotopic (exact) mass is 274 g/mol. The van der Waals surface area contributed by atoms with E-state index in [1.807, 2.05) is 0 Å². The number of rotatable bonds is 3. The van der Waals surface area contributed by atoms with Gasteiger partial charge in [0, 0.05) is 0 Å². The average molecular weight is 274 g/mol. The number of aromatic nitrogens is 1. The number of nitrogens with two attached hydrogens (primary N) is 1. The number of hydrogen-bond donors (Lipinski definition) is 1. The van der Waals surface area contributed by atoms with Crippen molar-refractivity contribution in [1.29, 1.82) is 0 Å². The first-order valence-electron chi connectivity index (χ1n) is 4.95. The van der Waals surface area contributed by atoms with E-state index in [1.165, 1.54) is 35.0 Å². The molecule has 0 aliphatic carbocycles. The van der Waals surface area contributed by atoms with Gasteiger partial charge in [-0.2, -0.15) is 13.2 Å². The number of nitrogens with zero attached hydrogens (tertiary/aromatic N) is 1. The lowest BCUT2D eigenvalue weighted by molar-refractivity contribution is -0.139. The molecule has 0 unspecified atom stereocenters. The fraction of sp³-hybridized carbons (Fsp3) is 0.182. The first-order valence-corrected chi connectivity index (χ1v) is 5.83. The van der Waals surface area contributed by atoms with E-state index in [9.17, 15) is 13.2 Å². The average Bonchev–Trinajstić information content (AvgIpc) is 2.71. The fourth-order valence-corrected chi connectivity index (χ4v) is 1.95. The van der Waals surface area contributed by atoms with Gasteiger partial charge in [0.15, 0.2) is 0 Å². The number of nitrogen functional groups attached to an aromatic ring is 1. The molecule has 2 aromatic rings. The summed E-state index contributed by atoms with van der Waals surface area (Å²) in [6.07, 6.45) is -4.43. The van der Waals surface area contributed by atoms with Gasteiger partial charge in [-0.15, -0.1) is 11.3 Å². The summed E-state index contributed by atoms with van der Waals surface area (Å²) in [5, 5.41) is 0. The highest BCUT2D eigenvalue weighted by molar-refractivity contribution is 7.10. The summed E-state index contributed by atoms with van der Waals surface area (Å²) in [6.45, 7) is -0.0242. The van der Waals surface area contributed by atoms with E-state index in [1.54, 1.807) is 0 Å². The van der Waals surface area contributed by atoms with Crippen LogP contribution in [-0.4, -0.2) is 4.98 Å². The SMILES string of the molecule is Nc1ncsc1COc1ccccc1C(F)(F)F. The lowest BCUT2D eigenvalue weighted by Gasteiger charge is -2.13. The second-order valence-corrected chi connectivity index (χ2v) is 4.38. The molecule has 0 saturated heterocycles. The van der Waals surface area contributed by atoms with E-state index < -0.39 is 11.7 Å². The quantitative estimate of drug-likeness (QED) is 0.934. The Bertz CT molecular complexity index is 539. The zero-order valence-corrected chi connectivity index (χ0v) is 9.89. The van der Waals surface area contributed by atoms with Crippen LogP contribution in [0.25, 0.3) is 0 Å². The zero-order chi connectivity index (χ0) is 13.2. The molecule has 1 aromatic heterocycles. The highest BCUT2D eigenvalue weighted by Gasteiger charge is 2.34. The third kappa shape index (κ3) is 2.73. The van der Waals surface area contributed by atoms with Crippen LogP contribution in [0.1, 0.15) is 10.4 Å². The van der Waals surface area contributed by atoms with E-state index in [2.05, 4.69) is 4.98 Å². The number of anilines is 1. The summed E-state index contributed by atoms with van der Waals surface area (Å²) in [7, 11) is 0. The van der Waals surface area contributed by atoms with Gasteiger partial charge in [0.05, 0.1) is 16.0 Å². The van der Waals surface area contributed by atoms with Crippen molar-refractivity contribution in [2.75, 3.05) is 5.73 Å². The van der Waals surface area contributed by atoms with Crippen LogP contribution >= 0.6 is 11.3 Å². The summed E-state index contributed by atoms with van der Waals surface area (Å²) in [6, 6.07) is 5.06. The van der Waals surface area contributed by atoms with Crippen molar-refractivity contribution >= 4 is 17.2 Å². The van der Waals surface area contributed by atoms with Gasteiger partial charge in [-0.05, 0) is 12.1 Å². The third-order valence-corrected chi connectivity index (χ3v) is 3.05. The molecule has 0 amide bonds. The summed E-state index contributed by atoms with van der Waals surface area (Å²) in [5.41, 5.74) is 6.25. The minimum atomic E-state index is -4.43. The lowest BCUT2D eigenvalue weighted by atomic mass is 10.2. The summed E-state index contributed by atoms with van der Waals surface area (Å²) < 4.78 is 43.2. The van der Waals surface area contributed by atoms with Crippen LogP contribution in [0.2, 0.25) is 0 Å². The van der Waals surface area contributed by atoms with Gasteiger partial charge in [0.1, 0.15) is 18.2 Å². The molecular weight excluding hydrogens is 265 g/mol. The van der Waals surface area contributed by atoms with Gasteiger partial charge in [0.2, 0.25) is 0 Å². The van der Waals surface area contributed by atoms with E-state index in [0.717, 1.165) is 6.07 Å². The van der Waals surface area contributed by atoms with Crippen molar-refractivity contribution in [2.45, 2.75) is 12.8 Å². The van der Waals surface area contributed by atoms with Crippen LogP contribution in [-0.2, 0) is 12.8 Å². The van der Waals surface area contributed by atoms with Gasteiger partial charge < -0.3 is 10.5 Å². The fourth-order valence-electron chi connectivity index (χ4n) is 1.36. The minimum Gasteiger partial charge on any atom is -0.487 e. The van der Waals surface area contributed by atoms with Gasteiger partial charge >= 0.3 is 6.18 Å². The van der Waals surface area contributed by atoms with E-state index >= 15 is 0 Å². The summed E-state index contributed by atoms with van der Waals surface area (Å²) >= 11 is 1.24. The van der Waals surface area contributed by atoms with Gasteiger partial charge in [-0.25, -0.2) is 4.98 Å². The van der Waals surface area contributed by atoms with Crippen LogP contribution in [0.4, 0.5) is 19.0 Å². The highest BCUT2D eigenvalue weighted by Crippen LogP contribution is 2.36. The Hall–Kier alpha value is -1.76. The maximum absolute atomic E-state index is 12.7. The minimum absolute atomic E-state index is 0.0242. The standard InChI is InChI=1S/C11H9F3N2OS/c12-11(13,14)7-3-1-2-4-8(7)17-5-9-10(15)16-6-18-9/h1-4,6H,5,15H2. The zero-order valence-electron chi connectivity index (χ0n) is 9.07. The van der Waals surface area contributed by atoms with Crippen molar-refractivity contribution < 1.29 is 17.9 Å². The number of hydrogen-bond acceptors (Lipinski definition) is 4. The molecular formula is C11H9F3N2OS. The molecule has 2 rings (SSSR count). The molecule has 1 aromatic carbocycles.